The molecule has 1 saturated carbocycles. The summed E-state index contributed by atoms with van der Waals surface area (Å²) in [5.74, 6) is 0.577. The molecule has 33 heavy (non-hydrogen) atoms. The van der Waals surface area contributed by atoms with E-state index in [0.29, 0.717) is 11.4 Å². The van der Waals surface area contributed by atoms with E-state index < -0.39 is 29.4 Å². The summed E-state index contributed by atoms with van der Waals surface area (Å²) < 4.78 is 16.5. The highest BCUT2D eigenvalue weighted by atomic mass is 16.6. The summed E-state index contributed by atoms with van der Waals surface area (Å²) >= 11 is 0. The summed E-state index contributed by atoms with van der Waals surface area (Å²) in [5.41, 5.74) is 2.16. The van der Waals surface area contributed by atoms with Crippen LogP contribution in [0.25, 0.3) is 11.1 Å². The van der Waals surface area contributed by atoms with Gasteiger partial charge in [-0.2, -0.15) is 0 Å². The number of benzene rings is 1. The van der Waals surface area contributed by atoms with Gasteiger partial charge in [0.1, 0.15) is 24.0 Å². The van der Waals surface area contributed by atoms with Crippen LogP contribution in [-0.2, 0) is 15.0 Å². The second kappa shape index (κ2) is 7.62. The maximum atomic E-state index is 12.3. The zero-order chi connectivity index (χ0) is 23.4. The molecule has 9 heteroatoms. The van der Waals surface area contributed by atoms with E-state index in [1.807, 2.05) is 51.1 Å². The average molecular weight is 453 g/mol. The van der Waals surface area contributed by atoms with Crippen LogP contribution < -0.4 is 15.0 Å². The van der Waals surface area contributed by atoms with E-state index in [9.17, 15) is 14.7 Å². The van der Waals surface area contributed by atoms with E-state index in [0.717, 1.165) is 29.7 Å². The zero-order valence-electron chi connectivity index (χ0n) is 18.8. The van der Waals surface area contributed by atoms with Crippen molar-refractivity contribution in [3.8, 4) is 16.9 Å². The number of carbonyl (C=O) groups is 2. The third-order valence-corrected chi connectivity index (χ3v) is 6.10. The predicted octanol–water partition coefficient (Wildman–Crippen LogP) is 3.34. The Morgan fingerprint density at radius 2 is 2.03 bits per heavy atom. The molecule has 0 bridgehead atoms. The number of aromatic nitrogens is 1. The number of carbonyl (C=O) groups excluding carboxylic acids is 2. The summed E-state index contributed by atoms with van der Waals surface area (Å²) in [6.07, 6.45) is 1.88. The SMILES string of the molecule is CC(C)(C)OC(=O)NC1(c2ccc(-c3ccc4c(c3)OCC3C(CO)OC(=O)N43)cn2)CC1. The van der Waals surface area contributed by atoms with Crippen LogP contribution in [0.3, 0.4) is 0 Å². The summed E-state index contributed by atoms with van der Waals surface area (Å²) in [4.78, 5) is 30.7. The molecule has 3 aliphatic rings. The van der Waals surface area contributed by atoms with Crippen molar-refractivity contribution in [3.05, 3.63) is 42.2 Å². The molecule has 2 N–H and O–H groups in total. The molecular formula is C24H27N3O6. The standard InChI is InChI=1S/C24H27N3O6/c1-23(2,3)33-21(29)26-24(8-9-24)20-7-5-15(11-25-20)14-4-6-16-18(10-14)31-13-17-19(12-28)32-22(30)27(16)17/h4-7,10-11,17,19,28H,8-9,12-13H2,1-3H3,(H,26,29). The van der Waals surface area contributed by atoms with Crippen LogP contribution in [0.5, 0.6) is 5.75 Å². The molecule has 0 radical (unpaired) electrons. The molecule has 174 valence electrons. The predicted molar refractivity (Wildman–Crippen MR) is 119 cm³/mol. The molecule has 1 aromatic carbocycles. The van der Waals surface area contributed by atoms with Crippen molar-refractivity contribution in [3.63, 3.8) is 0 Å². The number of nitrogens with zero attached hydrogens (tertiary/aromatic N) is 2. The van der Waals surface area contributed by atoms with Crippen LogP contribution >= 0.6 is 0 Å². The number of amides is 2. The van der Waals surface area contributed by atoms with Gasteiger partial charge in [0.25, 0.3) is 0 Å². The van der Waals surface area contributed by atoms with Crippen LogP contribution in [0.1, 0.15) is 39.3 Å². The number of aliphatic hydroxyl groups is 1. The highest BCUT2D eigenvalue weighted by molar-refractivity contribution is 5.94. The molecule has 9 nitrogen and oxygen atoms in total. The van der Waals surface area contributed by atoms with Crippen molar-refractivity contribution >= 4 is 17.9 Å². The van der Waals surface area contributed by atoms with E-state index in [1.54, 1.807) is 11.1 Å². The Morgan fingerprint density at radius 1 is 1.27 bits per heavy atom. The summed E-state index contributed by atoms with van der Waals surface area (Å²) in [6.45, 7) is 5.51. The molecule has 1 saturated heterocycles. The first-order valence-corrected chi connectivity index (χ1v) is 11.0. The van der Waals surface area contributed by atoms with Gasteiger partial charge in [-0.15, -0.1) is 0 Å². The maximum Gasteiger partial charge on any atom is 0.415 e. The summed E-state index contributed by atoms with van der Waals surface area (Å²) in [7, 11) is 0. The largest absolute Gasteiger partial charge is 0.489 e. The monoisotopic (exact) mass is 453 g/mol. The van der Waals surface area contributed by atoms with Gasteiger partial charge in [0, 0.05) is 11.8 Å². The molecule has 1 aromatic heterocycles. The molecule has 5 rings (SSSR count). The van der Waals surface area contributed by atoms with Crippen molar-refractivity contribution in [2.45, 2.75) is 56.9 Å². The number of aliphatic hydroxyl groups excluding tert-OH is 1. The topological polar surface area (TPSA) is 110 Å². The second-order valence-corrected chi connectivity index (χ2v) is 9.68. The number of alkyl carbamates (subject to hydrolysis) is 1. The molecule has 2 fully saturated rings. The lowest BCUT2D eigenvalue weighted by molar-refractivity contribution is 0.0493. The number of anilines is 1. The minimum absolute atomic E-state index is 0.244. The fraction of sp³-hybridized carbons (Fsp3) is 0.458. The van der Waals surface area contributed by atoms with Crippen LogP contribution in [0.4, 0.5) is 15.3 Å². The van der Waals surface area contributed by atoms with Gasteiger partial charge in [0.15, 0.2) is 6.10 Å². The zero-order valence-corrected chi connectivity index (χ0v) is 18.8. The van der Waals surface area contributed by atoms with Gasteiger partial charge in [0.2, 0.25) is 0 Å². The van der Waals surface area contributed by atoms with Gasteiger partial charge in [-0.1, -0.05) is 12.1 Å². The van der Waals surface area contributed by atoms with Gasteiger partial charge in [-0.3, -0.25) is 9.88 Å². The first kappa shape index (κ1) is 21.5. The van der Waals surface area contributed by atoms with E-state index >= 15 is 0 Å². The highest BCUT2D eigenvalue weighted by Crippen LogP contribution is 2.45. The molecule has 0 spiro atoms. The highest BCUT2D eigenvalue weighted by Gasteiger charge is 2.48. The van der Waals surface area contributed by atoms with E-state index in [4.69, 9.17) is 14.2 Å². The van der Waals surface area contributed by atoms with Crippen molar-refractivity contribution in [1.29, 1.82) is 0 Å². The Balaban J connectivity index is 1.34. The minimum Gasteiger partial charge on any atom is -0.489 e. The van der Waals surface area contributed by atoms with Gasteiger partial charge in [-0.25, -0.2) is 9.59 Å². The van der Waals surface area contributed by atoms with Gasteiger partial charge in [-0.05, 0) is 57.4 Å². The van der Waals surface area contributed by atoms with Crippen LogP contribution in [-0.4, -0.2) is 53.2 Å². The molecule has 2 aromatic rings. The molecular weight excluding hydrogens is 426 g/mol. The van der Waals surface area contributed by atoms with Crippen LogP contribution in [0.15, 0.2) is 36.5 Å². The maximum absolute atomic E-state index is 12.3. The number of hydrogen-bond acceptors (Lipinski definition) is 7. The molecule has 3 heterocycles. The molecule has 2 amide bonds. The lowest BCUT2D eigenvalue weighted by atomic mass is 10.0. The number of cyclic esters (lactones) is 1. The number of fused-ring (bicyclic) bond motifs is 3. The van der Waals surface area contributed by atoms with Crippen molar-refractivity contribution in [2.24, 2.45) is 0 Å². The van der Waals surface area contributed by atoms with Crippen LogP contribution in [0.2, 0.25) is 0 Å². The molecule has 2 atom stereocenters. The minimum atomic E-state index is -0.592. The second-order valence-electron chi connectivity index (χ2n) is 9.68. The summed E-state index contributed by atoms with van der Waals surface area (Å²) in [5, 5.41) is 12.4. The Kier molecular flexibility index (Phi) is 4.97. The Morgan fingerprint density at radius 3 is 2.67 bits per heavy atom. The lowest BCUT2D eigenvalue weighted by Crippen LogP contribution is -2.45. The van der Waals surface area contributed by atoms with Crippen molar-refractivity contribution in [1.82, 2.24) is 10.3 Å². The number of nitrogens with one attached hydrogen (secondary N) is 1. The van der Waals surface area contributed by atoms with Crippen molar-refractivity contribution in [2.75, 3.05) is 18.1 Å². The first-order valence-electron chi connectivity index (χ1n) is 11.0. The smallest absolute Gasteiger partial charge is 0.415 e. The van der Waals surface area contributed by atoms with Gasteiger partial charge < -0.3 is 24.6 Å². The number of rotatable bonds is 4. The quantitative estimate of drug-likeness (QED) is 0.731. The molecule has 2 aliphatic heterocycles. The van der Waals surface area contributed by atoms with Crippen LogP contribution in [0, 0.1) is 0 Å². The average Bonchev–Trinajstić information content (AvgIpc) is 3.47. The Hall–Kier alpha value is -3.33. The fourth-order valence-electron chi connectivity index (χ4n) is 4.28. The third-order valence-electron chi connectivity index (χ3n) is 6.10. The van der Waals surface area contributed by atoms with Gasteiger partial charge in [0.05, 0.1) is 23.5 Å². The van der Waals surface area contributed by atoms with E-state index in [2.05, 4.69) is 10.3 Å². The van der Waals surface area contributed by atoms with Gasteiger partial charge >= 0.3 is 12.2 Å². The normalized spacial score (nSPS) is 22.5. The first-order chi connectivity index (χ1) is 15.7. The number of hydrogen-bond donors (Lipinski definition) is 2. The fourth-order valence-corrected chi connectivity index (χ4v) is 4.28. The molecule has 1 aliphatic carbocycles. The summed E-state index contributed by atoms with van der Waals surface area (Å²) in [6, 6.07) is 9.12. The van der Waals surface area contributed by atoms with E-state index in [1.165, 1.54) is 0 Å². The van der Waals surface area contributed by atoms with Crippen molar-refractivity contribution < 1.29 is 28.9 Å². The lowest BCUT2D eigenvalue weighted by Gasteiger charge is -2.31. The molecule has 2 unspecified atom stereocenters. The van der Waals surface area contributed by atoms with E-state index in [-0.39, 0.29) is 19.3 Å². The Bertz CT molecular complexity index is 1090. The number of pyridine rings is 1. The Labute approximate surface area is 191 Å². The number of ether oxygens (including phenoxy) is 3. The third kappa shape index (κ3) is 3.97.